The standard InChI is InChI=1S/C27H33N3O/c1-6-11-18-23(9-4)27(24(10-5)19-12-7-2)25(31)30(26(28)29-27)20-21(8-3)22-16-14-13-15-17-22/h6-7,9-19,21H,1,5,8,20H2,2-4H3,(H2,28,29)/b12-7-,18-11-,23-9+,24-19+. The highest BCUT2D eigenvalue weighted by molar-refractivity contribution is 6.11. The Morgan fingerprint density at radius 1 is 1.19 bits per heavy atom. The van der Waals surface area contributed by atoms with Crippen LogP contribution in [0.5, 0.6) is 0 Å². The molecule has 2 unspecified atom stereocenters. The van der Waals surface area contributed by atoms with E-state index < -0.39 is 5.54 Å². The predicted octanol–water partition coefficient (Wildman–Crippen LogP) is 5.45. The molecule has 0 aliphatic carbocycles. The lowest BCUT2D eigenvalue weighted by Crippen LogP contribution is -2.47. The zero-order valence-electron chi connectivity index (χ0n) is 18.8. The molecule has 1 aromatic rings. The van der Waals surface area contributed by atoms with Gasteiger partial charge >= 0.3 is 0 Å². The molecule has 1 aliphatic rings. The molecule has 1 amide bonds. The van der Waals surface area contributed by atoms with Gasteiger partial charge in [0.2, 0.25) is 0 Å². The Labute approximate surface area is 186 Å². The van der Waals surface area contributed by atoms with Crippen molar-refractivity contribution in [3.8, 4) is 0 Å². The number of allylic oxidation sites excluding steroid dienone is 6. The number of nitrogens with two attached hydrogens (primary N) is 1. The van der Waals surface area contributed by atoms with Crippen molar-refractivity contribution in [2.45, 2.75) is 38.6 Å². The Morgan fingerprint density at radius 3 is 2.45 bits per heavy atom. The van der Waals surface area contributed by atoms with E-state index in [1.165, 1.54) is 5.56 Å². The van der Waals surface area contributed by atoms with Gasteiger partial charge in [-0.2, -0.15) is 0 Å². The molecule has 1 aliphatic heterocycles. The smallest absolute Gasteiger partial charge is 0.266 e. The van der Waals surface area contributed by atoms with Crippen molar-refractivity contribution >= 4 is 11.9 Å². The number of hydrogen-bond acceptors (Lipinski definition) is 3. The van der Waals surface area contributed by atoms with E-state index >= 15 is 0 Å². The Bertz CT molecular complexity index is 950. The molecule has 0 saturated carbocycles. The molecule has 2 atom stereocenters. The molecular formula is C27H33N3O. The largest absolute Gasteiger partial charge is 0.369 e. The molecule has 1 heterocycles. The maximum Gasteiger partial charge on any atom is 0.266 e. The molecule has 31 heavy (non-hydrogen) atoms. The summed E-state index contributed by atoms with van der Waals surface area (Å²) in [6.07, 6.45) is 15.4. The van der Waals surface area contributed by atoms with Crippen LogP contribution in [0.2, 0.25) is 0 Å². The van der Waals surface area contributed by atoms with Gasteiger partial charge in [0, 0.05) is 12.5 Å². The highest BCUT2D eigenvalue weighted by Gasteiger charge is 2.51. The van der Waals surface area contributed by atoms with E-state index in [-0.39, 0.29) is 17.8 Å². The summed E-state index contributed by atoms with van der Waals surface area (Å²) in [6, 6.07) is 10.2. The van der Waals surface area contributed by atoms with E-state index in [1.807, 2.05) is 62.4 Å². The summed E-state index contributed by atoms with van der Waals surface area (Å²) >= 11 is 0. The second kappa shape index (κ2) is 11.1. The molecule has 0 aromatic heterocycles. The minimum atomic E-state index is -1.27. The van der Waals surface area contributed by atoms with Crippen LogP contribution in [0.25, 0.3) is 0 Å². The first kappa shape index (κ1) is 23.9. The van der Waals surface area contributed by atoms with E-state index in [1.54, 1.807) is 23.1 Å². The van der Waals surface area contributed by atoms with Gasteiger partial charge in [-0.1, -0.05) is 99.0 Å². The first-order valence-electron chi connectivity index (χ1n) is 10.6. The number of aliphatic imine (C=N–C) groups is 1. The van der Waals surface area contributed by atoms with Gasteiger partial charge in [0.25, 0.3) is 5.91 Å². The van der Waals surface area contributed by atoms with Gasteiger partial charge in [0.05, 0.1) is 0 Å². The third-order valence-corrected chi connectivity index (χ3v) is 5.53. The van der Waals surface area contributed by atoms with Crippen LogP contribution in [0.15, 0.2) is 108 Å². The van der Waals surface area contributed by atoms with Crippen molar-refractivity contribution in [1.29, 1.82) is 0 Å². The monoisotopic (exact) mass is 415 g/mol. The fraction of sp³-hybridized carbons (Fsp3) is 0.259. The molecular weight excluding hydrogens is 382 g/mol. The molecule has 162 valence electrons. The minimum Gasteiger partial charge on any atom is -0.369 e. The summed E-state index contributed by atoms with van der Waals surface area (Å²) in [5.74, 6) is 0.204. The Balaban J connectivity index is 2.58. The molecule has 1 aromatic carbocycles. The maximum atomic E-state index is 14.0. The Kier molecular flexibility index (Phi) is 8.56. The fourth-order valence-corrected chi connectivity index (χ4v) is 3.85. The minimum absolute atomic E-state index is 0.152. The second-order valence-electron chi connectivity index (χ2n) is 7.30. The molecule has 4 nitrogen and oxygen atoms in total. The summed E-state index contributed by atoms with van der Waals surface area (Å²) in [5.41, 5.74) is 7.68. The summed E-state index contributed by atoms with van der Waals surface area (Å²) in [7, 11) is 0. The lowest BCUT2D eigenvalue weighted by molar-refractivity contribution is -0.129. The lowest BCUT2D eigenvalue weighted by Gasteiger charge is -2.30. The normalized spacial score (nSPS) is 21.1. The van der Waals surface area contributed by atoms with Crippen LogP contribution in [0.4, 0.5) is 0 Å². The quantitative estimate of drug-likeness (QED) is 0.516. The van der Waals surface area contributed by atoms with Crippen LogP contribution >= 0.6 is 0 Å². The Hall–Kier alpha value is -3.40. The third-order valence-electron chi connectivity index (χ3n) is 5.53. The molecule has 0 saturated heterocycles. The number of carbonyl (C=O) groups excluding carboxylic acids is 1. The molecule has 2 rings (SSSR count). The predicted molar refractivity (Wildman–Crippen MR) is 132 cm³/mol. The topological polar surface area (TPSA) is 58.7 Å². The number of carbonyl (C=O) groups is 1. The van der Waals surface area contributed by atoms with Crippen LogP contribution < -0.4 is 5.73 Å². The summed E-state index contributed by atoms with van der Waals surface area (Å²) in [5, 5.41) is 0. The van der Waals surface area contributed by atoms with Gasteiger partial charge in [-0.15, -0.1) is 0 Å². The number of hydrogen-bond donors (Lipinski definition) is 1. The lowest BCUT2D eigenvalue weighted by atomic mass is 9.80. The van der Waals surface area contributed by atoms with Crippen LogP contribution in [-0.4, -0.2) is 28.9 Å². The van der Waals surface area contributed by atoms with Gasteiger partial charge in [-0.3, -0.25) is 9.69 Å². The van der Waals surface area contributed by atoms with Crippen LogP contribution in [0, 0.1) is 0 Å². The van der Waals surface area contributed by atoms with Gasteiger partial charge in [-0.25, -0.2) is 4.99 Å². The number of amides is 1. The summed E-state index contributed by atoms with van der Waals surface area (Å²) in [6.45, 7) is 14.1. The highest BCUT2D eigenvalue weighted by atomic mass is 16.2. The molecule has 2 N–H and O–H groups in total. The summed E-state index contributed by atoms with van der Waals surface area (Å²) < 4.78 is 0. The van der Waals surface area contributed by atoms with Gasteiger partial charge in [-0.05, 0) is 37.0 Å². The van der Waals surface area contributed by atoms with Crippen molar-refractivity contribution in [2.75, 3.05) is 6.54 Å². The highest BCUT2D eigenvalue weighted by Crippen LogP contribution is 2.39. The molecule has 0 spiro atoms. The van der Waals surface area contributed by atoms with Crippen LogP contribution in [0.3, 0.4) is 0 Å². The van der Waals surface area contributed by atoms with E-state index in [0.717, 1.165) is 12.0 Å². The maximum absolute atomic E-state index is 14.0. The number of benzene rings is 1. The average molecular weight is 416 g/mol. The molecule has 0 bridgehead atoms. The van der Waals surface area contributed by atoms with Crippen molar-refractivity contribution < 1.29 is 4.79 Å². The van der Waals surface area contributed by atoms with Crippen molar-refractivity contribution in [3.63, 3.8) is 0 Å². The SMILES string of the molecule is C=C/C=C\C(=C/C)C1(/C(C=C)=C/C=C\C)N=C(N)N(CC(CC)c2ccccc2)C1=O. The first-order valence-corrected chi connectivity index (χ1v) is 10.6. The second-order valence-corrected chi connectivity index (χ2v) is 7.30. The third kappa shape index (κ3) is 4.85. The van der Waals surface area contributed by atoms with E-state index in [0.29, 0.717) is 12.1 Å². The number of nitrogens with zero attached hydrogens (tertiary/aromatic N) is 2. The van der Waals surface area contributed by atoms with Crippen LogP contribution in [0.1, 0.15) is 38.7 Å². The number of guanidine groups is 1. The Morgan fingerprint density at radius 2 is 1.90 bits per heavy atom. The van der Waals surface area contributed by atoms with Crippen LogP contribution in [-0.2, 0) is 4.79 Å². The van der Waals surface area contributed by atoms with Crippen molar-refractivity contribution in [3.05, 3.63) is 109 Å². The van der Waals surface area contributed by atoms with Gasteiger partial charge in [0.1, 0.15) is 0 Å². The van der Waals surface area contributed by atoms with E-state index in [2.05, 4.69) is 32.2 Å². The van der Waals surface area contributed by atoms with Crippen molar-refractivity contribution in [2.24, 2.45) is 10.7 Å². The van der Waals surface area contributed by atoms with E-state index in [4.69, 9.17) is 10.7 Å². The zero-order valence-corrected chi connectivity index (χ0v) is 18.8. The zero-order chi connectivity index (χ0) is 22.9. The summed E-state index contributed by atoms with van der Waals surface area (Å²) in [4.78, 5) is 20.3. The average Bonchev–Trinajstić information content (AvgIpc) is 3.04. The molecule has 4 heteroatoms. The van der Waals surface area contributed by atoms with Gasteiger partial charge < -0.3 is 5.73 Å². The molecule has 0 radical (unpaired) electrons. The van der Waals surface area contributed by atoms with Gasteiger partial charge in [0.15, 0.2) is 11.5 Å². The fourth-order valence-electron chi connectivity index (χ4n) is 3.85. The molecule has 0 fully saturated rings. The van der Waals surface area contributed by atoms with E-state index in [9.17, 15) is 4.79 Å². The number of rotatable bonds is 10. The van der Waals surface area contributed by atoms with Crippen molar-refractivity contribution in [1.82, 2.24) is 4.90 Å². The first-order chi connectivity index (χ1) is 15.0.